The second-order valence-electron chi connectivity index (χ2n) is 10.7. The van der Waals surface area contributed by atoms with Crippen LogP contribution in [-0.2, 0) is 36.3 Å². The smallest absolute Gasteiger partial charge is 0.311 e. The number of hydrogen-bond acceptors (Lipinski definition) is 11. The Morgan fingerprint density at radius 2 is 1.74 bits per heavy atom. The van der Waals surface area contributed by atoms with Crippen molar-refractivity contribution in [3.05, 3.63) is 104 Å². The van der Waals surface area contributed by atoms with Gasteiger partial charge in [-0.1, -0.05) is 67.6 Å². The van der Waals surface area contributed by atoms with Gasteiger partial charge in [-0.3, -0.25) is 9.59 Å². The van der Waals surface area contributed by atoms with Crippen LogP contribution in [0.5, 0.6) is 11.5 Å². The second kappa shape index (κ2) is 16.5. The number of allylic oxidation sites excluding steroid dienone is 1. The molecule has 0 N–H and O–H groups in total. The van der Waals surface area contributed by atoms with E-state index in [2.05, 4.69) is 48.2 Å². The Kier molecular flexibility index (Phi) is 13.0. The molecule has 1 heterocycles. The first-order valence-corrected chi connectivity index (χ1v) is 19.9. The molecule has 0 unspecified atom stereocenters. The van der Waals surface area contributed by atoms with Crippen LogP contribution in [0.25, 0.3) is 10.9 Å². The van der Waals surface area contributed by atoms with Gasteiger partial charge in [0.15, 0.2) is 0 Å². The number of esters is 1. The number of para-hydroxylation sites is 1. The standard InChI is InChI=1S/C22H19Br2NO3.C10H12N3O3PS2/c1-22(2)17(12-19(23)24)20(22)21(26)28-18(13-25)14-7-6-10-16(11-14)27-15-8-4-3-5-9-15;1-15-17(18,16-2)19-7-13-10(14)8-5-3-4-6-9(8)11-12-13/h3-12,17-18,20H,1-2H3;3-6H,7H2,1-2H3/t17-,18+,20-;/m0./s1. The average molecular weight is 823 g/mol. The molecule has 4 aromatic rings. The number of ether oxygens (including phenoxy) is 2. The fourth-order valence-corrected chi connectivity index (χ4v) is 7.87. The summed E-state index contributed by atoms with van der Waals surface area (Å²) >= 11 is 13.1. The average Bonchev–Trinajstić information content (AvgIpc) is 3.62. The number of rotatable bonds is 11. The fourth-order valence-electron chi connectivity index (χ4n) is 4.71. The van der Waals surface area contributed by atoms with Crippen molar-refractivity contribution < 1.29 is 23.3 Å². The molecule has 0 aliphatic heterocycles. The Balaban J connectivity index is 0.000000229. The number of aromatic nitrogens is 3. The summed E-state index contributed by atoms with van der Waals surface area (Å²) in [4.78, 5) is 24.8. The van der Waals surface area contributed by atoms with Crippen LogP contribution in [0.2, 0.25) is 0 Å². The molecule has 0 radical (unpaired) electrons. The number of carbonyl (C=O) groups is 1. The highest BCUT2D eigenvalue weighted by Gasteiger charge is 2.61. The first kappa shape index (κ1) is 36.9. The zero-order chi connectivity index (χ0) is 34.2. The van der Waals surface area contributed by atoms with Gasteiger partial charge in [0.25, 0.3) is 5.56 Å². The predicted octanol–water partition coefficient (Wildman–Crippen LogP) is 8.49. The van der Waals surface area contributed by atoms with E-state index < -0.39 is 11.8 Å². The van der Waals surface area contributed by atoms with Crippen molar-refractivity contribution in [3.63, 3.8) is 0 Å². The largest absolute Gasteiger partial charge is 0.457 e. The van der Waals surface area contributed by atoms with Crippen LogP contribution >= 0.6 is 48.9 Å². The van der Waals surface area contributed by atoms with E-state index in [-0.39, 0.29) is 34.7 Å². The number of benzene rings is 3. The highest BCUT2D eigenvalue weighted by Crippen LogP contribution is 2.61. The lowest BCUT2D eigenvalue weighted by atomic mass is 10.1. The second-order valence-corrected chi connectivity index (χ2v) is 20.0. The summed E-state index contributed by atoms with van der Waals surface area (Å²) < 4.78 is 23.7. The highest BCUT2D eigenvalue weighted by atomic mass is 79.9. The molecule has 3 aromatic carbocycles. The van der Waals surface area contributed by atoms with E-state index in [1.807, 2.05) is 56.3 Å². The van der Waals surface area contributed by atoms with Crippen LogP contribution < -0.4 is 10.3 Å². The van der Waals surface area contributed by atoms with Gasteiger partial charge in [0, 0.05) is 19.8 Å². The maximum Gasteiger partial charge on any atom is 0.311 e. The van der Waals surface area contributed by atoms with Crippen molar-refractivity contribution in [3.8, 4) is 17.6 Å². The molecule has 5 rings (SSSR count). The first-order valence-electron chi connectivity index (χ1n) is 14.1. The van der Waals surface area contributed by atoms with Gasteiger partial charge in [-0.25, -0.2) is 0 Å². The molecule has 3 atom stereocenters. The third-order valence-electron chi connectivity index (χ3n) is 7.38. The summed E-state index contributed by atoms with van der Waals surface area (Å²) in [5.74, 6) is 0.928. The van der Waals surface area contributed by atoms with Crippen LogP contribution in [0.15, 0.2) is 93.1 Å². The molecule has 10 nitrogen and oxygen atoms in total. The lowest BCUT2D eigenvalue weighted by molar-refractivity contribution is -0.149. The van der Waals surface area contributed by atoms with Gasteiger partial charge in [0.1, 0.15) is 29.0 Å². The van der Waals surface area contributed by atoms with Crippen molar-refractivity contribution in [2.75, 3.05) is 14.2 Å². The van der Waals surface area contributed by atoms with Gasteiger partial charge in [-0.15, -0.1) is 5.10 Å². The molecule has 0 bridgehead atoms. The van der Waals surface area contributed by atoms with E-state index in [0.29, 0.717) is 28.0 Å². The topological polar surface area (TPSA) is 126 Å². The molecule has 246 valence electrons. The third-order valence-corrected chi connectivity index (χ3v) is 13.5. The number of nitrogens with zero attached hydrogens (tertiary/aromatic N) is 4. The van der Waals surface area contributed by atoms with E-state index in [9.17, 15) is 14.9 Å². The number of nitriles is 1. The molecule has 1 aliphatic carbocycles. The van der Waals surface area contributed by atoms with Crippen molar-refractivity contribution in [1.29, 1.82) is 5.26 Å². The molecule has 1 saturated carbocycles. The van der Waals surface area contributed by atoms with E-state index in [4.69, 9.17) is 30.3 Å². The van der Waals surface area contributed by atoms with Crippen molar-refractivity contribution in [1.82, 2.24) is 15.0 Å². The quantitative estimate of drug-likeness (QED) is 0.107. The summed E-state index contributed by atoms with van der Waals surface area (Å²) in [7, 11) is 2.98. The van der Waals surface area contributed by atoms with Crippen LogP contribution in [-0.4, -0.2) is 35.2 Å². The van der Waals surface area contributed by atoms with Crippen LogP contribution in [0.3, 0.4) is 0 Å². The minimum Gasteiger partial charge on any atom is -0.457 e. The number of fused-ring (bicyclic) bond motifs is 1. The summed E-state index contributed by atoms with van der Waals surface area (Å²) in [6.45, 7) is 4.03. The molecule has 0 spiro atoms. The third kappa shape index (κ3) is 9.60. The maximum atomic E-state index is 12.7. The summed E-state index contributed by atoms with van der Waals surface area (Å²) in [5, 5.41) is 17.9. The normalized spacial score (nSPS) is 17.0. The first-order chi connectivity index (χ1) is 22.4. The minimum atomic E-state index is -2.40. The van der Waals surface area contributed by atoms with Gasteiger partial charge >= 0.3 is 5.97 Å². The Bertz CT molecular complexity index is 1890. The molecule has 47 heavy (non-hydrogen) atoms. The van der Waals surface area contributed by atoms with Gasteiger partial charge in [0.2, 0.25) is 11.8 Å². The number of halogens is 2. The molecule has 1 aliphatic rings. The molecule has 0 saturated heterocycles. The lowest BCUT2D eigenvalue weighted by Gasteiger charge is -2.16. The molecule has 1 aromatic heterocycles. The van der Waals surface area contributed by atoms with Gasteiger partial charge in [-0.2, -0.15) is 9.94 Å². The molecule has 0 amide bonds. The Labute approximate surface area is 298 Å². The SMILES string of the molecule is CC1(C)[C@H](C(=O)O[C@H](C#N)c2cccc(Oc3ccccc3)c2)[C@@H]1C=C(Br)Br.COP(=S)(OC)SCn1nnc2ccccc2c1=O. The molecule has 1 fully saturated rings. The molecule has 15 heteroatoms. The highest BCUT2D eigenvalue weighted by molar-refractivity contribution is 9.28. The Hall–Kier alpha value is -2.89. The van der Waals surface area contributed by atoms with Crippen LogP contribution in [0.4, 0.5) is 0 Å². The number of hydrogen-bond donors (Lipinski definition) is 0. The van der Waals surface area contributed by atoms with E-state index in [1.54, 1.807) is 42.5 Å². The van der Waals surface area contributed by atoms with Crippen LogP contribution in [0.1, 0.15) is 25.5 Å². The van der Waals surface area contributed by atoms with Gasteiger partial charge in [-0.05, 0) is 103 Å². The van der Waals surface area contributed by atoms with Crippen molar-refractivity contribution in [2.24, 2.45) is 17.3 Å². The minimum absolute atomic E-state index is 0.0563. The zero-order valence-electron chi connectivity index (χ0n) is 25.8. The Morgan fingerprint density at radius 3 is 2.40 bits per heavy atom. The fraction of sp³-hybridized carbons (Fsp3) is 0.281. The van der Waals surface area contributed by atoms with Crippen molar-refractivity contribution in [2.45, 2.75) is 25.8 Å². The summed E-state index contributed by atoms with van der Waals surface area (Å²) in [6, 6.07) is 25.6. The monoisotopic (exact) mass is 820 g/mol. The Morgan fingerprint density at radius 1 is 1.09 bits per heavy atom. The zero-order valence-corrected chi connectivity index (χ0v) is 31.5. The predicted molar refractivity (Wildman–Crippen MR) is 194 cm³/mol. The van der Waals surface area contributed by atoms with Gasteiger partial charge in [0.05, 0.1) is 14.7 Å². The van der Waals surface area contributed by atoms with Crippen LogP contribution in [0, 0.1) is 28.6 Å². The summed E-state index contributed by atoms with van der Waals surface area (Å²) in [5.41, 5.74) is -1.66. The van der Waals surface area contributed by atoms with E-state index in [1.165, 1.54) is 30.3 Å². The molecular weight excluding hydrogens is 791 g/mol. The lowest BCUT2D eigenvalue weighted by Crippen LogP contribution is -2.23. The van der Waals surface area contributed by atoms with Gasteiger partial charge < -0.3 is 18.5 Å². The van der Waals surface area contributed by atoms with E-state index >= 15 is 0 Å². The summed E-state index contributed by atoms with van der Waals surface area (Å²) in [6.07, 6.45) is 0.960. The van der Waals surface area contributed by atoms with Crippen molar-refractivity contribution >= 4 is 77.6 Å². The molecular formula is C32H31Br2N4O6PS2. The maximum absolute atomic E-state index is 12.7. The van der Waals surface area contributed by atoms with E-state index in [0.717, 1.165) is 3.39 Å². The number of carbonyl (C=O) groups excluding carboxylic acids is 1.